The molecule has 0 bridgehead atoms. The predicted octanol–water partition coefficient (Wildman–Crippen LogP) is 2.03. The van der Waals surface area contributed by atoms with Gasteiger partial charge < -0.3 is 0 Å². The van der Waals surface area contributed by atoms with Gasteiger partial charge in [-0.2, -0.15) is 0 Å². The maximum Gasteiger partial charge on any atom is 0.0648 e. The molecule has 0 unspecified atom stereocenters. The van der Waals surface area contributed by atoms with Crippen LogP contribution in [0.1, 0.15) is 0 Å². The Bertz CT molecular complexity index is 220. The van der Waals surface area contributed by atoms with E-state index in [1.807, 2.05) is 12.1 Å². The fraction of sp³-hybridized carbons (Fsp3) is 0.250. The lowest BCUT2D eigenvalue weighted by molar-refractivity contribution is 1.74. The predicted molar refractivity (Wildman–Crippen MR) is 50.0 cm³/mol. The molecule has 0 saturated heterocycles. The molecule has 0 saturated carbocycles. The van der Waals surface area contributed by atoms with Crippen LogP contribution < -0.4 is 5.19 Å². The van der Waals surface area contributed by atoms with Gasteiger partial charge in [0.25, 0.3) is 0 Å². The van der Waals surface area contributed by atoms with Crippen LogP contribution in [0.3, 0.4) is 0 Å². The first-order valence-corrected chi connectivity index (χ1v) is 6.72. The summed E-state index contributed by atoms with van der Waals surface area (Å²) in [6, 6.07) is 8.16. The van der Waals surface area contributed by atoms with Crippen LogP contribution in [0.15, 0.2) is 24.3 Å². The van der Waals surface area contributed by atoms with Crippen LogP contribution in [0.4, 0.5) is 0 Å². The minimum absolute atomic E-state index is 0.641. The summed E-state index contributed by atoms with van der Waals surface area (Å²) in [4.78, 5) is 0. The van der Waals surface area contributed by atoms with Crippen molar-refractivity contribution >= 4 is 25.6 Å². The van der Waals surface area contributed by atoms with Crippen LogP contribution >= 0.6 is 11.6 Å². The molecule has 1 aromatic rings. The second kappa shape index (κ2) is 3.22. The summed E-state index contributed by atoms with van der Waals surface area (Å²) in [5.74, 6) is 0. The molecule has 2 heteroatoms. The molecule has 0 atom stereocenters. The number of benzene rings is 1. The Hall–Kier alpha value is -0.273. The van der Waals surface area contributed by atoms with Crippen LogP contribution in [-0.4, -0.2) is 8.80 Å². The summed E-state index contributed by atoms with van der Waals surface area (Å²) in [7, 11) is -0.641. The van der Waals surface area contributed by atoms with Gasteiger partial charge in [0.05, 0.1) is 8.80 Å². The summed E-state index contributed by atoms with van der Waals surface area (Å²) < 4.78 is 0. The molecule has 1 aromatic carbocycles. The monoisotopic (exact) mass is 170 g/mol. The summed E-state index contributed by atoms with van der Waals surface area (Å²) in [5.41, 5.74) is 0. The van der Waals surface area contributed by atoms with Crippen LogP contribution in [0.5, 0.6) is 0 Å². The molecule has 0 amide bonds. The van der Waals surface area contributed by atoms with Crippen LogP contribution in [0, 0.1) is 0 Å². The average Bonchev–Trinajstić information content (AvgIpc) is 1.88. The third kappa shape index (κ3) is 1.86. The molecule has 54 valence electrons. The summed E-state index contributed by atoms with van der Waals surface area (Å²) >= 11 is 5.81. The van der Waals surface area contributed by atoms with Crippen molar-refractivity contribution in [2.24, 2.45) is 0 Å². The molecule has 0 fully saturated rings. The van der Waals surface area contributed by atoms with Crippen LogP contribution in [0.25, 0.3) is 0 Å². The number of hydrogen-bond acceptors (Lipinski definition) is 0. The highest BCUT2D eigenvalue weighted by atomic mass is 35.5. The van der Waals surface area contributed by atoms with Gasteiger partial charge in [-0.3, -0.25) is 0 Å². The van der Waals surface area contributed by atoms with E-state index in [9.17, 15) is 0 Å². The Balaban J connectivity index is 2.96. The van der Waals surface area contributed by atoms with E-state index in [0.717, 1.165) is 5.02 Å². The van der Waals surface area contributed by atoms with E-state index in [0.29, 0.717) is 0 Å². The highest BCUT2D eigenvalue weighted by Gasteiger charge is 1.98. The zero-order valence-corrected chi connectivity index (χ0v) is 8.18. The van der Waals surface area contributed by atoms with E-state index in [1.54, 1.807) is 0 Å². The minimum atomic E-state index is -0.641. The fourth-order valence-electron chi connectivity index (χ4n) is 0.866. The van der Waals surface area contributed by atoms with Crippen molar-refractivity contribution in [1.29, 1.82) is 0 Å². The van der Waals surface area contributed by atoms with E-state index in [4.69, 9.17) is 11.6 Å². The molecule has 0 N–H and O–H groups in total. The van der Waals surface area contributed by atoms with Crippen molar-refractivity contribution in [3.63, 3.8) is 0 Å². The number of halogens is 1. The van der Waals surface area contributed by atoms with E-state index in [1.165, 1.54) is 5.19 Å². The van der Waals surface area contributed by atoms with Crippen molar-refractivity contribution in [2.75, 3.05) is 0 Å². The highest BCUT2D eigenvalue weighted by molar-refractivity contribution is 6.70. The second-order valence-corrected chi connectivity index (χ2v) is 6.12. The maximum absolute atomic E-state index is 5.81. The minimum Gasteiger partial charge on any atom is -0.0843 e. The number of hydrogen-bond donors (Lipinski definition) is 0. The third-order valence-corrected chi connectivity index (χ3v) is 3.44. The van der Waals surface area contributed by atoms with Crippen molar-refractivity contribution in [3.8, 4) is 0 Å². The van der Waals surface area contributed by atoms with E-state index in [2.05, 4.69) is 25.2 Å². The zero-order valence-electron chi connectivity index (χ0n) is 6.26. The molecule has 0 radical (unpaired) electrons. The molecule has 0 aliphatic carbocycles. The quantitative estimate of drug-likeness (QED) is 0.566. The first-order valence-electron chi connectivity index (χ1n) is 3.45. The topological polar surface area (TPSA) is 0 Å². The largest absolute Gasteiger partial charge is 0.0843 e. The molecule has 0 nitrogen and oxygen atoms in total. The molecule has 0 spiro atoms. The lowest BCUT2D eigenvalue weighted by Crippen LogP contribution is -2.21. The molecule has 0 heterocycles. The molecule has 0 aliphatic heterocycles. The lowest BCUT2D eigenvalue weighted by Gasteiger charge is -2.02. The molecular formula is C8H11ClSi. The SMILES string of the molecule is C[SiH](C)c1cccc(Cl)c1. The van der Waals surface area contributed by atoms with E-state index in [-0.39, 0.29) is 0 Å². The summed E-state index contributed by atoms with van der Waals surface area (Å²) in [5, 5.41) is 2.30. The third-order valence-electron chi connectivity index (χ3n) is 1.52. The number of rotatable bonds is 1. The summed E-state index contributed by atoms with van der Waals surface area (Å²) in [6.07, 6.45) is 0. The Kier molecular flexibility index (Phi) is 2.52. The van der Waals surface area contributed by atoms with Crippen LogP contribution in [0.2, 0.25) is 18.1 Å². The average molecular weight is 171 g/mol. The van der Waals surface area contributed by atoms with Crippen LogP contribution in [-0.2, 0) is 0 Å². The smallest absolute Gasteiger partial charge is 0.0648 e. The van der Waals surface area contributed by atoms with Crippen molar-refractivity contribution in [2.45, 2.75) is 13.1 Å². The zero-order chi connectivity index (χ0) is 7.56. The standard InChI is InChI=1S/C8H11ClSi/c1-10(2)8-5-3-4-7(9)6-8/h3-6,10H,1-2H3. The Labute approximate surface area is 68.4 Å². The Morgan fingerprint density at radius 1 is 1.30 bits per heavy atom. The first-order chi connectivity index (χ1) is 4.70. The normalized spacial score (nSPS) is 10.4. The molecule has 10 heavy (non-hydrogen) atoms. The maximum atomic E-state index is 5.81. The molecule has 0 aromatic heterocycles. The second-order valence-electron chi connectivity index (χ2n) is 2.71. The van der Waals surface area contributed by atoms with E-state index >= 15 is 0 Å². The lowest BCUT2D eigenvalue weighted by atomic mass is 10.4. The fourth-order valence-corrected chi connectivity index (χ4v) is 2.18. The van der Waals surface area contributed by atoms with Crippen molar-refractivity contribution < 1.29 is 0 Å². The van der Waals surface area contributed by atoms with Gasteiger partial charge in [-0.05, 0) is 12.1 Å². The highest BCUT2D eigenvalue weighted by Crippen LogP contribution is 2.04. The Morgan fingerprint density at radius 2 is 2.00 bits per heavy atom. The van der Waals surface area contributed by atoms with Gasteiger partial charge >= 0.3 is 0 Å². The van der Waals surface area contributed by atoms with Gasteiger partial charge in [0.15, 0.2) is 0 Å². The molecule has 1 rings (SSSR count). The molecular weight excluding hydrogens is 160 g/mol. The van der Waals surface area contributed by atoms with Gasteiger partial charge in [-0.25, -0.2) is 0 Å². The Morgan fingerprint density at radius 3 is 2.40 bits per heavy atom. The van der Waals surface area contributed by atoms with Gasteiger partial charge in [-0.1, -0.05) is 42.0 Å². The van der Waals surface area contributed by atoms with Crippen molar-refractivity contribution in [1.82, 2.24) is 0 Å². The first kappa shape index (κ1) is 7.83. The van der Waals surface area contributed by atoms with Crippen molar-refractivity contribution in [3.05, 3.63) is 29.3 Å². The van der Waals surface area contributed by atoms with Gasteiger partial charge in [0.1, 0.15) is 0 Å². The van der Waals surface area contributed by atoms with Gasteiger partial charge in [0.2, 0.25) is 0 Å². The van der Waals surface area contributed by atoms with Gasteiger partial charge in [-0.15, -0.1) is 0 Å². The van der Waals surface area contributed by atoms with Gasteiger partial charge in [0, 0.05) is 5.02 Å². The summed E-state index contributed by atoms with van der Waals surface area (Å²) in [6.45, 7) is 4.59. The van der Waals surface area contributed by atoms with E-state index < -0.39 is 8.80 Å². The molecule has 0 aliphatic rings.